The molecular formula is C21H15F2N5O2S. The maximum Gasteiger partial charge on any atom is 0.227 e. The van der Waals surface area contributed by atoms with Crippen molar-refractivity contribution in [1.29, 1.82) is 5.26 Å². The van der Waals surface area contributed by atoms with E-state index in [0.29, 0.717) is 16.8 Å². The van der Waals surface area contributed by atoms with Gasteiger partial charge in [0, 0.05) is 17.5 Å². The van der Waals surface area contributed by atoms with Crippen LogP contribution >= 0.6 is 0 Å². The highest BCUT2D eigenvalue weighted by molar-refractivity contribution is 7.92. The first-order chi connectivity index (χ1) is 14.9. The Bertz CT molecular complexity index is 1450. The van der Waals surface area contributed by atoms with E-state index in [1.54, 1.807) is 30.5 Å². The molecule has 0 bridgehead atoms. The molecule has 0 aliphatic heterocycles. The van der Waals surface area contributed by atoms with Gasteiger partial charge in [-0.3, -0.25) is 0 Å². The zero-order valence-corrected chi connectivity index (χ0v) is 17.0. The zero-order chi connectivity index (χ0) is 22.0. The molecule has 0 amide bonds. The van der Waals surface area contributed by atoms with Gasteiger partial charge in [0.2, 0.25) is 12.1 Å². The molecular weight excluding hydrogens is 424 g/mol. The van der Waals surface area contributed by atoms with E-state index < -0.39 is 21.4 Å². The number of fused-ring (bicyclic) bond motifs is 1. The number of anilines is 2. The molecule has 0 spiro atoms. The molecule has 10 heteroatoms. The van der Waals surface area contributed by atoms with Crippen LogP contribution in [0.3, 0.4) is 0 Å². The second kappa shape index (κ2) is 8.12. The van der Waals surface area contributed by atoms with Crippen molar-refractivity contribution in [2.75, 3.05) is 11.6 Å². The third-order valence-corrected chi connectivity index (χ3v) is 5.75. The standard InChI is InChI=1S/C21H15F2N5O2S/c1-31(29,26-12-24)11-13-3-2-4-14(9-13)27-21-25-10-18(23)19(28-21)16-5-6-17(22)15-7-8-30-20(15)16/h2-10H,11H2,1H3,(H,25,27,28). The summed E-state index contributed by atoms with van der Waals surface area (Å²) in [6, 6.07) is 11.0. The van der Waals surface area contributed by atoms with Crippen molar-refractivity contribution < 1.29 is 17.4 Å². The van der Waals surface area contributed by atoms with Gasteiger partial charge in [-0.15, -0.1) is 4.36 Å². The second-order valence-corrected chi connectivity index (χ2v) is 9.16. The minimum absolute atomic E-state index is 0.0435. The molecule has 7 nitrogen and oxygen atoms in total. The van der Waals surface area contributed by atoms with Gasteiger partial charge in [-0.05, 0) is 35.9 Å². The van der Waals surface area contributed by atoms with E-state index >= 15 is 0 Å². The number of furan rings is 1. The largest absolute Gasteiger partial charge is 0.464 e. The van der Waals surface area contributed by atoms with Gasteiger partial charge in [0.25, 0.3) is 0 Å². The van der Waals surface area contributed by atoms with Crippen LogP contribution in [-0.4, -0.2) is 20.4 Å². The molecule has 156 valence electrons. The maximum absolute atomic E-state index is 14.5. The molecule has 1 unspecified atom stereocenters. The molecule has 0 radical (unpaired) electrons. The number of hydrogen-bond acceptors (Lipinski definition) is 7. The van der Waals surface area contributed by atoms with Crippen molar-refractivity contribution in [2.45, 2.75) is 5.75 Å². The van der Waals surface area contributed by atoms with Crippen LogP contribution in [-0.2, 0) is 15.5 Å². The molecule has 0 saturated carbocycles. The van der Waals surface area contributed by atoms with Crippen LogP contribution in [0.25, 0.3) is 22.2 Å². The normalized spacial score (nSPS) is 12.8. The third-order valence-electron chi connectivity index (χ3n) is 4.41. The summed E-state index contributed by atoms with van der Waals surface area (Å²) in [5.74, 6) is -0.964. The highest BCUT2D eigenvalue weighted by atomic mass is 32.2. The Morgan fingerprint density at radius 2 is 2.06 bits per heavy atom. The van der Waals surface area contributed by atoms with Gasteiger partial charge in [-0.25, -0.2) is 23.0 Å². The van der Waals surface area contributed by atoms with Gasteiger partial charge < -0.3 is 9.73 Å². The number of benzene rings is 2. The Hall–Kier alpha value is -3.84. The summed E-state index contributed by atoms with van der Waals surface area (Å²) in [4.78, 5) is 8.19. The Morgan fingerprint density at radius 1 is 1.23 bits per heavy atom. The summed E-state index contributed by atoms with van der Waals surface area (Å²) >= 11 is 0. The lowest BCUT2D eigenvalue weighted by Gasteiger charge is -2.10. The summed E-state index contributed by atoms with van der Waals surface area (Å²) in [6.45, 7) is 0. The molecule has 4 rings (SSSR count). The van der Waals surface area contributed by atoms with Crippen LogP contribution < -0.4 is 5.32 Å². The fraction of sp³-hybridized carbons (Fsp3) is 0.0952. The van der Waals surface area contributed by atoms with Gasteiger partial charge >= 0.3 is 0 Å². The summed E-state index contributed by atoms with van der Waals surface area (Å²) in [6.07, 6.45) is 5.31. The predicted molar refractivity (Wildman–Crippen MR) is 113 cm³/mol. The van der Waals surface area contributed by atoms with E-state index in [0.717, 1.165) is 6.20 Å². The Kier molecular flexibility index (Phi) is 5.35. The quantitative estimate of drug-likeness (QED) is 0.439. The molecule has 2 aromatic carbocycles. The number of rotatable bonds is 5. The van der Waals surface area contributed by atoms with Crippen LogP contribution in [0.4, 0.5) is 20.4 Å². The number of aromatic nitrogens is 2. The van der Waals surface area contributed by atoms with Crippen molar-refractivity contribution >= 4 is 32.3 Å². The molecule has 4 aromatic rings. The molecule has 0 fully saturated rings. The van der Waals surface area contributed by atoms with Gasteiger partial charge in [0.1, 0.15) is 17.1 Å². The maximum atomic E-state index is 14.5. The summed E-state index contributed by atoms with van der Waals surface area (Å²) in [5, 5.41) is 11.9. The average Bonchev–Trinajstić information content (AvgIpc) is 3.21. The zero-order valence-electron chi connectivity index (χ0n) is 16.2. The van der Waals surface area contributed by atoms with Gasteiger partial charge in [-0.2, -0.15) is 5.26 Å². The van der Waals surface area contributed by atoms with Crippen molar-refractivity contribution in [2.24, 2.45) is 4.36 Å². The van der Waals surface area contributed by atoms with E-state index in [1.165, 1.54) is 30.7 Å². The fourth-order valence-corrected chi connectivity index (χ4v) is 4.16. The van der Waals surface area contributed by atoms with Crippen LogP contribution in [0.5, 0.6) is 0 Å². The average molecular weight is 439 g/mol. The first kappa shape index (κ1) is 20.4. The van der Waals surface area contributed by atoms with E-state index in [-0.39, 0.29) is 28.4 Å². The van der Waals surface area contributed by atoms with Crippen LogP contribution in [0.2, 0.25) is 0 Å². The number of hydrogen-bond donors (Lipinski definition) is 1. The van der Waals surface area contributed by atoms with E-state index in [9.17, 15) is 13.0 Å². The molecule has 0 aliphatic carbocycles. The number of nitrogens with zero attached hydrogens (tertiary/aromatic N) is 4. The monoisotopic (exact) mass is 439 g/mol. The highest BCUT2D eigenvalue weighted by Gasteiger charge is 2.17. The Morgan fingerprint density at radius 3 is 2.87 bits per heavy atom. The number of nitrogens with one attached hydrogen (secondary N) is 1. The number of nitriles is 1. The predicted octanol–water partition coefficient (Wildman–Crippen LogP) is 4.99. The highest BCUT2D eigenvalue weighted by Crippen LogP contribution is 2.32. The fourth-order valence-electron chi connectivity index (χ4n) is 3.13. The molecule has 0 aliphatic rings. The minimum Gasteiger partial charge on any atom is -0.464 e. The Balaban J connectivity index is 1.67. The van der Waals surface area contributed by atoms with Gasteiger partial charge in [0.15, 0.2) is 5.82 Å². The SMILES string of the molecule is CS(=O)(Cc1cccc(Nc2ncc(F)c(-c3ccc(F)c4ccoc34)n2)c1)=NC#N. The van der Waals surface area contributed by atoms with Crippen LogP contribution in [0.15, 0.2) is 63.7 Å². The Labute approximate surface area is 176 Å². The van der Waals surface area contributed by atoms with Crippen molar-refractivity contribution in [3.05, 3.63) is 72.1 Å². The van der Waals surface area contributed by atoms with Crippen LogP contribution in [0, 0.1) is 23.1 Å². The lowest BCUT2D eigenvalue weighted by molar-refractivity contribution is 0.605. The second-order valence-electron chi connectivity index (χ2n) is 6.77. The summed E-state index contributed by atoms with van der Waals surface area (Å²) < 4.78 is 49.5. The molecule has 1 atom stereocenters. The molecule has 0 saturated heterocycles. The van der Waals surface area contributed by atoms with Gasteiger partial charge in [-0.1, -0.05) is 12.1 Å². The molecule has 31 heavy (non-hydrogen) atoms. The molecule has 2 heterocycles. The lowest BCUT2D eigenvalue weighted by Crippen LogP contribution is -2.03. The first-order valence-corrected chi connectivity index (χ1v) is 11.1. The van der Waals surface area contributed by atoms with Crippen molar-refractivity contribution in [1.82, 2.24) is 9.97 Å². The van der Waals surface area contributed by atoms with Crippen molar-refractivity contribution in [3.8, 4) is 17.5 Å². The lowest BCUT2D eigenvalue weighted by atomic mass is 10.1. The topological polar surface area (TPSA) is 104 Å². The van der Waals surface area contributed by atoms with Gasteiger partial charge in [0.05, 0.1) is 33.3 Å². The molecule has 1 N–H and O–H groups in total. The third kappa shape index (κ3) is 4.36. The molecule has 2 aromatic heterocycles. The number of halogens is 2. The van der Waals surface area contributed by atoms with E-state index in [1.807, 2.05) is 0 Å². The van der Waals surface area contributed by atoms with E-state index in [4.69, 9.17) is 9.68 Å². The first-order valence-electron chi connectivity index (χ1n) is 8.99. The smallest absolute Gasteiger partial charge is 0.227 e. The van der Waals surface area contributed by atoms with Crippen molar-refractivity contribution in [3.63, 3.8) is 0 Å². The summed E-state index contributed by atoms with van der Waals surface area (Å²) in [7, 11) is -2.68. The van der Waals surface area contributed by atoms with Crippen LogP contribution in [0.1, 0.15) is 5.56 Å². The minimum atomic E-state index is -2.68. The summed E-state index contributed by atoms with van der Waals surface area (Å²) in [5.41, 5.74) is 1.70. The van der Waals surface area contributed by atoms with E-state index in [2.05, 4.69) is 19.6 Å².